The SMILES string of the molecule is CSc1ccc(OCC(Cc2ccccc2)CN(C)C)cc1. The molecule has 0 spiro atoms. The van der Waals surface area contributed by atoms with Gasteiger partial charge in [-0.25, -0.2) is 0 Å². The highest BCUT2D eigenvalue weighted by molar-refractivity contribution is 7.98. The van der Waals surface area contributed by atoms with Gasteiger partial charge in [-0.2, -0.15) is 0 Å². The van der Waals surface area contributed by atoms with Crippen molar-refractivity contribution >= 4 is 11.8 Å². The maximum Gasteiger partial charge on any atom is 0.119 e. The second kappa shape index (κ2) is 8.86. The lowest BCUT2D eigenvalue weighted by Crippen LogP contribution is -2.28. The molecule has 2 aromatic rings. The van der Waals surface area contributed by atoms with E-state index in [4.69, 9.17) is 4.74 Å². The summed E-state index contributed by atoms with van der Waals surface area (Å²) in [5, 5.41) is 0. The summed E-state index contributed by atoms with van der Waals surface area (Å²) < 4.78 is 6.00. The summed E-state index contributed by atoms with van der Waals surface area (Å²) in [6.45, 7) is 1.77. The van der Waals surface area contributed by atoms with Crippen LogP contribution >= 0.6 is 11.8 Å². The molecule has 0 saturated heterocycles. The Kier molecular flexibility index (Phi) is 6.81. The number of rotatable bonds is 8. The van der Waals surface area contributed by atoms with Gasteiger partial charge in [0.25, 0.3) is 0 Å². The van der Waals surface area contributed by atoms with Gasteiger partial charge in [0.15, 0.2) is 0 Å². The lowest BCUT2D eigenvalue weighted by atomic mass is 10.00. The van der Waals surface area contributed by atoms with Crippen molar-refractivity contribution in [2.45, 2.75) is 11.3 Å². The van der Waals surface area contributed by atoms with Gasteiger partial charge >= 0.3 is 0 Å². The second-order valence-corrected chi connectivity index (χ2v) is 6.68. The molecule has 0 aliphatic rings. The first kappa shape index (κ1) is 16.9. The Labute approximate surface area is 138 Å². The lowest BCUT2D eigenvalue weighted by Gasteiger charge is -2.21. The molecule has 22 heavy (non-hydrogen) atoms. The predicted molar refractivity (Wildman–Crippen MR) is 95.9 cm³/mol. The molecule has 0 amide bonds. The van der Waals surface area contributed by atoms with E-state index in [1.54, 1.807) is 11.8 Å². The maximum absolute atomic E-state index is 6.00. The third-order valence-electron chi connectivity index (χ3n) is 3.54. The molecule has 0 radical (unpaired) electrons. The van der Waals surface area contributed by atoms with Gasteiger partial charge in [-0.05, 0) is 56.6 Å². The molecule has 0 aromatic heterocycles. The summed E-state index contributed by atoms with van der Waals surface area (Å²) in [5.74, 6) is 1.44. The summed E-state index contributed by atoms with van der Waals surface area (Å²) in [5.41, 5.74) is 1.37. The van der Waals surface area contributed by atoms with Gasteiger partial charge in [-0.15, -0.1) is 11.8 Å². The molecule has 1 unspecified atom stereocenters. The van der Waals surface area contributed by atoms with Crippen molar-refractivity contribution in [2.24, 2.45) is 5.92 Å². The summed E-state index contributed by atoms with van der Waals surface area (Å²) >= 11 is 1.75. The summed E-state index contributed by atoms with van der Waals surface area (Å²) in [7, 11) is 4.23. The number of nitrogens with zero attached hydrogens (tertiary/aromatic N) is 1. The third-order valence-corrected chi connectivity index (χ3v) is 4.28. The van der Waals surface area contributed by atoms with Gasteiger partial charge in [-0.1, -0.05) is 30.3 Å². The first-order chi connectivity index (χ1) is 10.7. The van der Waals surface area contributed by atoms with Crippen molar-refractivity contribution in [3.8, 4) is 5.75 Å². The molecule has 0 saturated carbocycles. The Bertz CT molecular complexity index is 539. The monoisotopic (exact) mass is 315 g/mol. The van der Waals surface area contributed by atoms with Crippen LogP contribution in [-0.4, -0.2) is 38.4 Å². The standard InChI is InChI=1S/C19H25NOS/c1-20(2)14-17(13-16-7-5-4-6-8-16)15-21-18-9-11-19(22-3)12-10-18/h4-12,17H,13-15H2,1-3H3. The smallest absolute Gasteiger partial charge is 0.119 e. The van der Waals surface area contributed by atoms with E-state index in [0.29, 0.717) is 5.92 Å². The van der Waals surface area contributed by atoms with Gasteiger partial charge in [0, 0.05) is 17.4 Å². The van der Waals surface area contributed by atoms with Crippen LogP contribution < -0.4 is 4.74 Å². The first-order valence-corrected chi connectivity index (χ1v) is 8.85. The molecule has 2 nitrogen and oxygen atoms in total. The highest BCUT2D eigenvalue weighted by Crippen LogP contribution is 2.20. The molecule has 0 bridgehead atoms. The molecule has 0 heterocycles. The van der Waals surface area contributed by atoms with Crippen molar-refractivity contribution in [1.82, 2.24) is 4.90 Å². The number of hydrogen-bond acceptors (Lipinski definition) is 3. The quantitative estimate of drug-likeness (QED) is 0.677. The largest absolute Gasteiger partial charge is 0.493 e. The van der Waals surface area contributed by atoms with E-state index in [0.717, 1.165) is 25.3 Å². The average Bonchev–Trinajstić information content (AvgIpc) is 2.53. The highest BCUT2D eigenvalue weighted by atomic mass is 32.2. The van der Waals surface area contributed by atoms with Crippen LogP contribution in [-0.2, 0) is 6.42 Å². The fourth-order valence-corrected chi connectivity index (χ4v) is 2.93. The van der Waals surface area contributed by atoms with Crippen molar-refractivity contribution in [3.63, 3.8) is 0 Å². The molecule has 0 fully saturated rings. The molecule has 2 rings (SSSR count). The van der Waals surface area contributed by atoms with E-state index in [9.17, 15) is 0 Å². The predicted octanol–water partition coefficient (Wildman–Crippen LogP) is 4.21. The van der Waals surface area contributed by atoms with Crippen LogP contribution in [0.25, 0.3) is 0 Å². The van der Waals surface area contributed by atoms with Gasteiger partial charge < -0.3 is 9.64 Å². The molecule has 0 aliphatic carbocycles. The number of thioether (sulfide) groups is 1. The van der Waals surface area contributed by atoms with E-state index in [2.05, 4.69) is 79.8 Å². The first-order valence-electron chi connectivity index (χ1n) is 7.63. The third kappa shape index (κ3) is 5.74. The molecule has 1 atom stereocenters. The zero-order valence-electron chi connectivity index (χ0n) is 13.7. The van der Waals surface area contributed by atoms with Crippen LogP contribution in [0, 0.1) is 5.92 Å². The number of ether oxygens (including phenoxy) is 1. The zero-order chi connectivity index (χ0) is 15.8. The topological polar surface area (TPSA) is 12.5 Å². The van der Waals surface area contributed by atoms with Gasteiger partial charge in [0.05, 0.1) is 6.61 Å². The fraction of sp³-hybridized carbons (Fsp3) is 0.368. The minimum absolute atomic E-state index is 0.484. The van der Waals surface area contributed by atoms with Crippen molar-refractivity contribution in [3.05, 3.63) is 60.2 Å². The van der Waals surface area contributed by atoms with E-state index in [-0.39, 0.29) is 0 Å². The number of benzene rings is 2. The minimum Gasteiger partial charge on any atom is -0.493 e. The highest BCUT2D eigenvalue weighted by Gasteiger charge is 2.12. The Morgan fingerprint density at radius 3 is 2.27 bits per heavy atom. The normalized spacial score (nSPS) is 12.4. The summed E-state index contributed by atoms with van der Waals surface area (Å²) in [6.07, 6.45) is 3.13. The molecular weight excluding hydrogens is 290 g/mol. The molecule has 3 heteroatoms. The van der Waals surface area contributed by atoms with E-state index in [1.807, 2.05) is 0 Å². The van der Waals surface area contributed by atoms with Crippen molar-refractivity contribution in [1.29, 1.82) is 0 Å². The molecular formula is C19H25NOS. The Hall–Kier alpha value is -1.45. The fourth-order valence-electron chi connectivity index (χ4n) is 2.53. The van der Waals surface area contributed by atoms with Crippen molar-refractivity contribution in [2.75, 3.05) is 33.5 Å². The van der Waals surface area contributed by atoms with Crippen LogP contribution in [0.3, 0.4) is 0 Å². The molecule has 118 valence electrons. The van der Waals surface area contributed by atoms with Crippen LogP contribution in [0.4, 0.5) is 0 Å². The van der Waals surface area contributed by atoms with Crippen LogP contribution in [0.5, 0.6) is 5.75 Å². The summed E-state index contributed by atoms with van der Waals surface area (Å²) in [4.78, 5) is 3.50. The van der Waals surface area contributed by atoms with E-state index in [1.165, 1.54) is 10.5 Å². The lowest BCUT2D eigenvalue weighted by molar-refractivity contribution is 0.209. The molecule has 2 aromatic carbocycles. The summed E-state index contributed by atoms with van der Waals surface area (Å²) in [6, 6.07) is 19.0. The van der Waals surface area contributed by atoms with E-state index >= 15 is 0 Å². The molecule has 0 N–H and O–H groups in total. The van der Waals surface area contributed by atoms with E-state index < -0.39 is 0 Å². The zero-order valence-corrected chi connectivity index (χ0v) is 14.5. The van der Waals surface area contributed by atoms with Gasteiger partial charge in [-0.3, -0.25) is 0 Å². The van der Waals surface area contributed by atoms with Crippen molar-refractivity contribution < 1.29 is 4.74 Å². The van der Waals surface area contributed by atoms with Gasteiger partial charge in [0.1, 0.15) is 5.75 Å². The number of hydrogen-bond donors (Lipinski definition) is 0. The van der Waals surface area contributed by atoms with Crippen LogP contribution in [0.2, 0.25) is 0 Å². The Morgan fingerprint density at radius 1 is 1.00 bits per heavy atom. The Morgan fingerprint density at radius 2 is 1.68 bits per heavy atom. The van der Waals surface area contributed by atoms with Crippen LogP contribution in [0.1, 0.15) is 5.56 Å². The minimum atomic E-state index is 0.484. The molecule has 0 aliphatic heterocycles. The van der Waals surface area contributed by atoms with Gasteiger partial charge in [0.2, 0.25) is 0 Å². The maximum atomic E-state index is 6.00. The second-order valence-electron chi connectivity index (χ2n) is 5.80. The van der Waals surface area contributed by atoms with Crippen LogP contribution in [0.15, 0.2) is 59.5 Å². The average molecular weight is 315 g/mol. The Balaban J connectivity index is 1.93.